The summed E-state index contributed by atoms with van der Waals surface area (Å²) in [6.07, 6.45) is 3.78. The summed E-state index contributed by atoms with van der Waals surface area (Å²) in [4.78, 5) is 39.4. The first-order valence-electron chi connectivity index (χ1n) is 17.3. The summed E-state index contributed by atoms with van der Waals surface area (Å²) in [7, 11) is 1.46. The van der Waals surface area contributed by atoms with Crippen molar-refractivity contribution in [1.82, 2.24) is 5.32 Å². The van der Waals surface area contributed by atoms with E-state index in [-0.39, 0.29) is 35.5 Å². The number of oxime groups is 1. The van der Waals surface area contributed by atoms with E-state index in [9.17, 15) is 39.9 Å². The van der Waals surface area contributed by atoms with Crippen LogP contribution in [0.2, 0.25) is 0 Å². The van der Waals surface area contributed by atoms with E-state index in [2.05, 4.69) is 10.5 Å². The fourth-order valence-electron chi connectivity index (χ4n) is 6.74. The number of aromatic hydroxyl groups is 1. The van der Waals surface area contributed by atoms with Crippen LogP contribution >= 0.6 is 0 Å². The highest BCUT2D eigenvalue weighted by Gasteiger charge is 2.50. The van der Waals surface area contributed by atoms with Crippen LogP contribution in [0.5, 0.6) is 11.5 Å². The molecular weight excluding hydrogens is 692 g/mol. The van der Waals surface area contributed by atoms with Crippen molar-refractivity contribution in [1.29, 1.82) is 0 Å². The molecule has 1 aromatic carbocycles. The van der Waals surface area contributed by atoms with Crippen LogP contribution in [0.4, 0.5) is 0 Å². The number of hydrogen-bond donors (Lipinski definition) is 7. The number of benzene rings is 1. The molecule has 292 valence electrons. The summed E-state index contributed by atoms with van der Waals surface area (Å²) in [5.74, 6) is -8.56. The Bertz CT molecular complexity index is 1700. The zero-order valence-corrected chi connectivity index (χ0v) is 31.5. The van der Waals surface area contributed by atoms with Crippen molar-refractivity contribution >= 4 is 35.4 Å². The van der Waals surface area contributed by atoms with Crippen molar-refractivity contribution < 1.29 is 64.1 Å². The van der Waals surface area contributed by atoms with E-state index < -0.39 is 99.9 Å². The van der Waals surface area contributed by atoms with Crippen LogP contribution in [0.25, 0.3) is 11.5 Å². The van der Waals surface area contributed by atoms with Crippen molar-refractivity contribution in [2.24, 2.45) is 28.8 Å². The van der Waals surface area contributed by atoms with Crippen molar-refractivity contribution in [3.05, 3.63) is 58.3 Å². The third-order valence-corrected chi connectivity index (χ3v) is 10.0. The average molecular weight is 745 g/mol. The lowest BCUT2D eigenvalue weighted by atomic mass is 9.78. The van der Waals surface area contributed by atoms with Crippen LogP contribution in [0.15, 0.2) is 41.2 Å². The first-order chi connectivity index (χ1) is 24.8. The largest absolute Gasteiger partial charge is 0.507 e. The summed E-state index contributed by atoms with van der Waals surface area (Å²) >= 11 is 0. The van der Waals surface area contributed by atoms with Crippen molar-refractivity contribution in [3.63, 3.8) is 0 Å². The lowest BCUT2D eigenvalue weighted by Crippen LogP contribution is -2.47. The Hall–Kier alpha value is -4.70. The number of esters is 1. The van der Waals surface area contributed by atoms with Crippen LogP contribution < -0.4 is 10.1 Å². The summed E-state index contributed by atoms with van der Waals surface area (Å²) in [5, 5.41) is 70.4. The van der Waals surface area contributed by atoms with Crippen LogP contribution in [-0.2, 0) is 23.8 Å². The second-order valence-corrected chi connectivity index (χ2v) is 13.8. The molecule has 2 aliphatic heterocycles. The number of carbonyl (C=O) groups excluding carboxylic acids is 3. The average Bonchev–Trinajstić information content (AvgIpc) is 3.38. The Morgan fingerprint density at radius 1 is 1.06 bits per heavy atom. The highest BCUT2D eigenvalue weighted by atomic mass is 16.7. The number of aliphatic hydroxyl groups is 4. The number of ketones is 1. The molecule has 0 aliphatic carbocycles. The van der Waals surface area contributed by atoms with Gasteiger partial charge in [0.2, 0.25) is 5.78 Å². The molecule has 1 amide bonds. The molecule has 53 heavy (non-hydrogen) atoms. The number of nitrogens with one attached hydrogen (secondary N) is 1. The number of nitrogens with zero attached hydrogens (tertiary/aromatic N) is 1. The number of hydrogen-bond acceptors (Lipinski definition) is 14. The molecule has 3 rings (SSSR count). The fourth-order valence-corrected chi connectivity index (χ4v) is 6.74. The first kappa shape index (κ1) is 42.7. The number of phenolic OH excluding ortho intramolecular Hbond substituents is 1. The molecule has 15 heteroatoms. The summed E-state index contributed by atoms with van der Waals surface area (Å²) in [6.45, 7) is 12.3. The third kappa shape index (κ3) is 9.27. The van der Waals surface area contributed by atoms with E-state index in [0.29, 0.717) is 0 Å². The van der Waals surface area contributed by atoms with Gasteiger partial charge in [-0.3, -0.25) is 14.4 Å². The lowest BCUT2D eigenvalue weighted by molar-refractivity contribution is -0.164. The van der Waals surface area contributed by atoms with Gasteiger partial charge >= 0.3 is 5.97 Å². The molecule has 0 saturated carbocycles. The fraction of sp³-hybridized carbons (Fsp3) is 0.526. The zero-order valence-electron chi connectivity index (χ0n) is 31.5. The van der Waals surface area contributed by atoms with E-state index in [1.54, 1.807) is 39.8 Å². The van der Waals surface area contributed by atoms with Gasteiger partial charge in [0.15, 0.2) is 0 Å². The van der Waals surface area contributed by atoms with Gasteiger partial charge in [0.25, 0.3) is 11.7 Å². The van der Waals surface area contributed by atoms with Gasteiger partial charge in [-0.25, -0.2) is 0 Å². The van der Waals surface area contributed by atoms with E-state index in [4.69, 9.17) is 24.2 Å². The lowest BCUT2D eigenvalue weighted by Gasteiger charge is -2.38. The van der Waals surface area contributed by atoms with Gasteiger partial charge in [0, 0.05) is 73.6 Å². The van der Waals surface area contributed by atoms with Crippen molar-refractivity contribution in [2.75, 3.05) is 13.7 Å². The van der Waals surface area contributed by atoms with Gasteiger partial charge < -0.3 is 55.0 Å². The van der Waals surface area contributed by atoms with Crippen LogP contribution in [0.3, 0.4) is 0 Å². The van der Waals surface area contributed by atoms with Crippen LogP contribution in [0.1, 0.15) is 81.9 Å². The quantitative estimate of drug-likeness (QED) is 0.0743. The zero-order chi connectivity index (χ0) is 39.9. The minimum absolute atomic E-state index is 0.00626. The van der Waals surface area contributed by atoms with E-state index >= 15 is 0 Å². The van der Waals surface area contributed by atoms with Crippen molar-refractivity contribution in [3.8, 4) is 11.5 Å². The van der Waals surface area contributed by atoms with Gasteiger partial charge in [-0.05, 0) is 20.3 Å². The molecular formula is C38H52N2O13. The van der Waals surface area contributed by atoms with Gasteiger partial charge in [-0.2, -0.15) is 0 Å². The summed E-state index contributed by atoms with van der Waals surface area (Å²) < 4.78 is 23.5. The SMILES string of the molecule is CO[C@H]1CCO[C@@]2(C)Oc3c(C)c(O)c(c(/C(O)=C/C=N/O)c3C2=O)/C(O)=C/NC(=O)/C(C)=C\C=C\[C@H](C)[C@H](O)[C@@H](C)[C@@H](O)[C@@H](C)[C@H](OC(C)=O)[C@@H]1C. The number of amides is 1. The number of carbonyl (C=O) groups is 3. The van der Waals surface area contributed by atoms with Crippen molar-refractivity contribution in [2.45, 2.75) is 92.0 Å². The van der Waals surface area contributed by atoms with Crippen LogP contribution in [-0.4, -0.2) is 98.5 Å². The molecule has 1 aromatic rings. The van der Waals surface area contributed by atoms with E-state index in [1.807, 2.05) is 0 Å². The summed E-state index contributed by atoms with van der Waals surface area (Å²) in [6, 6.07) is 0. The third-order valence-electron chi connectivity index (χ3n) is 10.0. The van der Waals surface area contributed by atoms with Crippen LogP contribution in [0, 0.1) is 30.6 Å². The Labute approximate surface area is 308 Å². The number of allylic oxidation sites excluding steroid dienone is 3. The standard InChI is InChI=1S/C38H52N2O13/c1-18-11-10-12-19(2)37(48)39-17-26(43)29-28(25(42)13-15-40-49)30-35(23(6)33(29)46)53-38(8,36(30)47)51-16-14-27(50-9)20(3)34(52-24(7)41)22(5)32(45)21(4)31(18)44/h10-13,15,17-18,20-22,27,31-32,34,42-46,49H,14,16H2,1-9H3,(H,39,48)/b11-10+,19-12-,25-13-,26-17-,40-15+/t18-,20+,21+,22+,27-,31-,32+,34+,38-/m0/s1. The maximum Gasteiger partial charge on any atom is 0.302 e. The number of aliphatic hydroxyl groups excluding tert-OH is 4. The summed E-state index contributed by atoms with van der Waals surface area (Å²) in [5.41, 5.74) is -0.903. The molecule has 0 aromatic heterocycles. The number of Topliss-reactive ketones (excluding diaryl/α,β-unsaturated/α-hetero) is 1. The molecule has 0 radical (unpaired) electrons. The normalized spacial score (nSPS) is 33.6. The van der Waals surface area contributed by atoms with Gasteiger partial charge in [0.05, 0.1) is 42.3 Å². The van der Waals surface area contributed by atoms with E-state index in [1.165, 1.54) is 40.9 Å². The predicted octanol–water partition coefficient (Wildman–Crippen LogP) is 4.46. The molecule has 0 unspecified atom stereocenters. The Balaban J connectivity index is 2.21. The molecule has 0 fully saturated rings. The van der Waals surface area contributed by atoms with Gasteiger partial charge in [0.1, 0.15) is 29.1 Å². The Morgan fingerprint density at radius 2 is 1.72 bits per heavy atom. The maximum atomic E-state index is 14.1. The Morgan fingerprint density at radius 3 is 2.32 bits per heavy atom. The number of fused-ring (bicyclic) bond motifs is 2. The number of phenols is 1. The monoisotopic (exact) mass is 744 g/mol. The minimum atomic E-state index is -2.00. The smallest absolute Gasteiger partial charge is 0.302 e. The molecule has 15 nitrogen and oxygen atoms in total. The number of methoxy groups -OCH3 is 1. The molecule has 2 aliphatic rings. The van der Waals surface area contributed by atoms with Gasteiger partial charge in [-0.15, -0.1) is 0 Å². The highest BCUT2D eigenvalue weighted by molar-refractivity contribution is 6.12. The maximum absolute atomic E-state index is 14.1. The molecule has 0 saturated heterocycles. The van der Waals surface area contributed by atoms with Gasteiger partial charge in [-0.1, -0.05) is 51.1 Å². The first-order valence-corrected chi connectivity index (χ1v) is 17.3. The highest BCUT2D eigenvalue weighted by Crippen LogP contribution is 2.49. The Kier molecular flexibility index (Phi) is 14.4. The molecule has 0 spiro atoms. The molecule has 9 atom stereocenters. The molecule has 2 heterocycles. The topological polar surface area (TPSA) is 234 Å². The number of ether oxygens (including phenoxy) is 4. The number of rotatable bonds is 4. The van der Waals surface area contributed by atoms with E-state index in [0.717, 1.165) is 18.5 Å². The second kappa shape index (κ2) is 17.9. The second-order valence-electron chi connectivity index (χ2n) is 13.8. The molecule has 3 bridgehead atoms. The molecule has 7 N–H and O–H groups in total. The predicted molar refractivity (Wildman–Crippen MR) is 194 cm³/mol. The minimum Gasteiger partial charge on any atom is -0.507 e.